The molecule has 1 aliphatic rings. The van der Waals surface area contributed by atoms with Gasteiger partial charge in [0.05, 0.1) is 12.0 Å². The molecular weight excluding hydrogens is 316 g/mol. The molecule has 0 radical (unpaired) electrons. The van der Waals surface area contributed by atoms with E-state index in [2.05, 4.69) is 15.3 Å². The molecule has 1 aliphatic heterocycles. The zero-order valence-electron chi connectivity index (χ0n) is 14.2. The number of rotatable bonds is 4. The molecule has 0 fully saturated rings. The maximum atomic E-state index is 12.2. The predicted molar refractivity (Wildman–Crippen MR) is 98.2 cm³/mol. The number of guanidine groups is 1. The van der Waals surface area contributed by atoms with Crippen molar-refractivity contribution in [1.29, 1.82) is 5.41 Å². The molecule has 7 heteroatoms. The molecule has 25 heavy (non-hydrogen) atoms. The Morgan fingerprint density at radius 2 is 2.16 bits per heavy atom. The van der Waals surface area contributed by atoms with Crippen LogP contribution < -0.4 is 11.1 Å². The molecular formula is C18H20N6O. The fourth-order valence-electron chi connectivity index (χ4n) is 2.78. The van der Waals surface area contributed by atoms with Crippen molar-refractivity contribution >= 4 is 29.6 Å². The number of nitrogens with two attached hydrogens (primary N) is 1. The molecule has 2 aromatic rings. The number of anilines is 2. The number of nitrogens with one attached hydrogen (secondary N) is 2. The van der Waals surface area contributed by atoms with Crippen molar-refractivity contribution in [3.05, 3.63) is 53.7 Å². The van der Waals surface area contributed by atoms with Crippen LogP contribution in [0.3, 0.4) is 0 Å². The largest absolute Gasteiger partial charge is 0.369 e. The number of aromatic nitrogens is 1. The molecule has 128 valence electrons. The molecule has 1 unspecified atom stereocenters. The first-order chi connectivity index (χ1) is 11.9. The minimum absolute atomic E-state index is 0.0814. The second-order valence-electron chi connectivity index (χ2n) is 6.16. The summed E-state index contributed by atoms with van der Waals surface area (Å²) in [6, 6.07) is 11.2. The monoisotopic (exact) mass is 336 g/mol. The van der Waals surface area contributed by atoms with Crippen molar-refractivity contribution in [2.45, 2.75) is 18.9 Å². The van der Waals surface area contributed by atoms with E-state index in [0.29, 0.717) is 11.4 Å². The van der Waals surface area contributed by atoms with Gasteiger partial charge in [0.15, 0.2) is 5.96 Å². The normalized spacial score (nSPS) is 20.2. The SMILES string of the molecule is CN1C(=O)CC(C)(c2ccc(Nc3ccccn3)c(C=N)c2)N=C1N. The average molecular weight is 336 g/mol. The molecule has 0 aliphatic carbocycles. The summed E-state index contributed by atoms with van der Waals surface area (Å²) in [6.45, 7) is 1.87. The smallest absolute Gasteiger partial charge is 0.231 e. The Morgan fingerprint density at radius 1 is 1.36 bits per heavy atom. The Hall–Kier alpha value is -3.22. The van der Waals surface area contributed by atoms with Crippen LogP contribution in [-0.4, -0.2) is 35.0 Å². The third-order valence-electron chi connectivity index (χ3n) is 4.33. The Morgan fingerprint density at radius 3 is 2.80 bits per heavy atom. The van der Waals surface area contributed by atoms with Crippen molar-refractivity contribution in [1.82, 2.24) is 9.88 Å². The van der Waals surface area contributed by atoms with Crippen molar-refractivity contribution in [2.24, 2.45) is 10.7 Å². The van der Waals surface area contributed by atoms with Gasteiger partial charge in [-0.2, -0.15) is 0 Å². The molecule has 2 heterocycles. The van der Waals surface area contributed by atoms with Crippen molar-refractivity contribution in [2.75, 3.05) is 12.4 Å². The topological polar surface area (TPSA) is 107 Å². The number of carbonyl (C=O) groups excluding carboxylic acids is 1. The van der Waals surface area contributed by atoms with Crippen LogP contribution in [0.2, 0.25) is 0 Å². The Bertz CT molecular complexity index is 848. The first-order valence-corrected chi connectivity index (χ1v) is 7.88. The molecule has 3 rings (SSSR count). The highest BCUT2D eigenvalue weighted by atomic mass is 16.2. The lowest BCUT2D eigenvalue weighted by molar-refractivity contribution is -0.128. The number of carbonyl (C=O) groups is 1. The lowest BCUT2D eigenvalue weighted by atomic mass is 9.86. The number of hydrogen-bond donors (Lipinski definition) is 3. The predicted octanol–water partition coefficient (Wildman–Crippen LogP) is 2.21. The van der Waals surface area contributed by atoms with Crippen molar-refractivity contribution in [3.8, 4) is 0 Å². The quantitative estimate of drug-likeness (QED) is 0.744. The summed E-state index contributed by atoms with van der Waals surface area (Å²) in [6.07, 6.45) is 3.19. The second-order valence-corrected chi connectivity index (χ2v) is 6.16. The number of aliphatic imine (C=N–C) groups is 1. The molecule has 1 atom stereocenters. The van der Waals surface area contributed by atoms with E-state index in [-0.39, 0.29) is 18.3 Å². The minimum atomic E-state index is -0.741. The van der Waals surface area contributed by atoms with Gasteiger partial charge in [-0.3, -0.25) is 9.69 Å². The molecule has 1 amide bonds. The zero-order valence-corrected chi connectivity index (χ0v) is 14.2. The van der Waals surface area contributed by atoms with E-state index in [1.54, 1.807) is 13.2 Å². The maximum Gasteiger partial charge on any atom is 0.231 e. The van der Waals surface area contributed by atoms with Gasteiger partial charge in [0, 0.05) is 30.7 Å². The van der Waals surface area contributed by atoms with Gasteiger partial charge in [-0.15, -0.1) is 0 Å². The molecule has 0 spiro atoms. The summed E-state index contributed by atoms with van der Waals surface area (Å²) in [5.74, 6) is 0.814. The zero-order chi connectivity index (χ0) is 18.0. The fourth-order valence-corrected chi connectivity index (χ4v) is 2.78. The van der Waals surface area contributed by atoms with E-state index in [9.17, 15) is 4.79 Å². The van der Waals surface area contributed by atoms with E-state index < -0.39 is 5.54 Å². The number of benzene rings is 1. The fraction of sp³-hybridized carbons (Fsp3) is 0.222. The highest BCUT2D eigenvalue weighted by Gasteiger charge is 2.36. The first-order valence-electron chi connectivity index (χ1n) is 7.88. The maximum absolute atomic E-state index is 12.2. The van der Waals surface area contributed by atoms with Gasteiger partial charge in [-0.05, 0) is 36.8 Å². The van der Waals surface area contributed by atoms with E-state index in [1.165, 1.54) is 11.1 Å². The van der Waals surface area contributed by atoms with Crippen LogP contribution in [0.1, 0.15) is 24.5 Å². The Balaban J connectivity index is 1.97. The highest BCUT2D eigenvalue weighted by Crippen LogP contribution is 2.34. The molecule has 4 N–H and O–H groups in total. The van der Waals surface area contributed by atoms with E-state index >= 15 is 0 Å². The van der Waals surface area contributed by atoms with Gasteiger partial charge in [0.2, 0.25) is 5.91 Å². The summed E-state index contributed by atoms with van der Waals surface area (Å²) in [5.41, 5.74) is 7.41. The third kappa shape index (κ3) is 3.21. The van der Waals surface area contributed by atoms with Crippen LogP contribution in [0.15, 0.2) is 47.6 Å². The van der Waals surface area contributed by atoms with E-state index in [0.717, 1.165) is 11.3 Å². The van der Waals surface area contributed by atoms with Crippen molar-refractivity contribution < 1.29 is 4.79 Å². The van der Waals surface area contributed by atoms with Gasteiger partial charge in [0.1, 0.15) is 5.82 Å². The molecule has 1 aromatic heterocycles. The Labute approximate surface area is 146 Å². The van der Waals surface area contributed by atoms with Crippen LogP contribution >= 0.6 is 0 Å². The van der Waals surface area contributed by atoms with Crippen LogP contribution in [0.4, 0.5) is 11.5 Å². The average Bonchev–Trinajstić information content (AvgIpc) is 2.60. The minimum Gasteiger partial charge on any atom is -0.369 e. The standard InChI is InChI=1S/C18H20N6O/c1-18(10-16(25)24(2)17(20)23-18)13-6-7-14(12(9-13)11-19)22-15-5-3-4-8-21-15/h3-9,11,19H,10H2,1-2H3,(H2,20,23)(H,21,22). The summed E-state index contributed by atoms with van der Waals surface area (Å²) in [5, 5.41) is 10.9. The van der Waals surface area contributed by atoms with Gasteiger partial charge in [-0.1, -0.05) is 12.1 Å². The van der Waals surface area contributed by atoms with Crippen molar-refractivity contribution in [3.63, 3.8) is 0 Å². The van der Waals surface area contributed by atoms with Gasteiger partial charge in [0.25, 0.3) is 0 Å². The number of amides is 1. The molecule has 0 saturated carbocycles. The number of pyridine rings is 1. The Kier molecular flexibility index (Phi) is 4.22. The van der Waals surface area contributed by atoms with Crippen LogP contribution in [-0.2, 0) is 10.3 Å². The molecule has 1 aromatic carbocycles. The summed E-state index contributed by atoms with van der Waals surface area (Å²) in [4.78, 5) is 22.2. The van der Waals surface area contributed by atoms with Crippen LogP contribution in [0.25, 0.3) is 0 Å². The lowest BCUT2D eigenvalue weighted by Gasteiger charge is -2.34. The lowest BCUT2D eigenvalue weighted by Crippen LogP contribution is -2.47. The van der Waals surface area contributed by atoms with Gasteiger partial charge < -0.3 is 16.5 Å². The highest BCUT2D eigenvalue weighted by molar-refractivity contribution is 5.99. The van der Waals surface area contributed by atoms with E-state index in [1.807, 2.05) is 43.3 Å². The van der Waals surface area contributed by atoms with Crippen LogP contribution in [0, 0.1) is 5.41 Å². The summed E-state index contributed by atoms with van der Waals surface area (Å²) in [7, 11) is 1.61. The molecule has 0 saturated heterocycles. The molecule has 7 nitrogen and oxygen atoms in total. The summed E-state index contributed by atoms with van der Waals surface area (Å²) < 4.78 is 0. The van der Waals surface area contributed by atoms with Gasteiger partial charge >= 0.3 is 0 Å². The number of hydrogen-bond acceptors (Lipinski definition) is 6. The van der Waals surface area contributed by atoms with E-state index in [4.69, 9.17) is 11.1 Å². The first kappa shape index (κ1) is 16.6. The molecule has 0 bridgehead atoms. The second kappa shape index (κ2) is 6.35. The summed E-state index contributed by atoms with van der Waals surface area (Å²) >= 11 is 0. The van der Waals surface area contributed by atoms with Crippen LogP contribution in [0.5, 0.6) is 0 Å². The van der Waals surface area contributed by atoms with Gasteiger partial charge in [-0.25, -0.2) is 9.98 Å². The third-order valence-corrected chi connectivity index (χ3v) is 4.33. The number of nitrogens with zero attached hydrogens (tertiary/aromatic N) is 3.